The van der Waals surface area contributed by atoms with Gasteiger partial charge in [0.1, 0.15) is 6.61 Å². The Morgan fingerprint density at radius 2 is 1.72 bits per heavy atom. The number of aromatic nitrogens is 1. The molecule has 0 radical (unpaired) electrons. The van der Waals surface area contributed by atoms with E-state index in [1.54, 1.807) is 19.5 Å². The minimum Gasteiger partial charge on any atom is -0.493 e. The fraction of sp³-hybridized carbons (Fsp3) is 0.379. The van der Waals surface area contributed by atoms with Crippen molar-refractivity contribution in [3.05, 3.63) is 89.2 Å². The molecule has 2 aromatic carbocycles. The molecule has 1 fully saturated rings. The zero-order valence-electron chi connectivity index (χ0n) is 21.4. The Balaban J connectivity index is 1.34. The molecule has 1 aromatic heterocycles. The van der Waals surface area contributed by atoms with Crippen molar-refractivity contribution in [2.45, 2.75) is 52.2 Å². The highest BCUT2D eigenvalue weighted by molar-refractivity contribution is 5.94. The Labute approximate surface area is 213 Å². The lowest BCUT2D eigenvalue weighted by molar-refractivity contribution is -0.0704. The second kappa shape index (κ2) is 12.0. The first-order valence-electron chi connectivity index (χ1n) is 12.4. The van der Waals surface area contributed by atoms with Crippen molar-refractivity contribution in [3.8, 4) is 11.5 Å². The largest absolute Gasteiger partial charge is 0.493 e. The summed E-state index contributed by atoms with van der Waals surface area (Å²) >= 11 is 0. The number of amides is 1. The first-order chi connectivity index (χ1) is 17.4. The Kier molecular flexibility index (Phi) is 8.57. The normalized spacial score (nSPS) is 18.9. The van der Waals surface area contributed by atoms with E-state index in [1.165, 1.54) is 5.56 Å². The number of hydrogen-bond donors (Lipinski definition) is 1. The van der Waals surface area contributed by atoms with Gasteiger partial charge in [-0.15, -0.1) is 0 Å². The monoisotopic (exact) mass is 489 g/mol. The van der Waals surface area contributed by atoms with Gasteiger partial charge >= 0.3 is 0 Å². The lowest BCUT2D eigenvalue weighted by Gasteiger charge is -2.35. The molecule has 1 saturated heterocycles. The number of methoxy groups -OCH3 is 1. The number of nitrogens with one attached hydrogen (secondary N) is 1. The van der Waals surface area contributed by atoms with Crippen LogP contribution >= 0.6 is 0 Å². The molecule has 3 aromatic rings. The van der Waals surface area contributed by atoms with Crippen molar-refractivity contribution in [1.29, 1.82) is 0 Å². The van der Waals surface area contributed by atoms with E-state index in [1.807, 2.05) is 61.5 Å². The summed E-state index contributed by atoms with van der Waals surface area (Å²) in [5.41, 5.74) is 3.78. The minimum absolute atomic E-state index is 0.111. The van der Waals surface area contributed by atoms with Crippen LogP contribution in [0.3, 0.4) is 0 Å². The van der Waals surface area contributed by atoms with Crippen molar-refractivity contribution in [1.82, 2.24) is 15.2 Å². The smallest absolute Gasteiger partial charge is 0.251 e. The summed E-state index contributed by atoms with van der Waals surface area (Å²) in [5.74, 6) is 1.16. The highest BCUT2D eigenvalue weighted by Crippen LogP contribution is 2.31. The molecule has 7 nitrogen and oxygen atoms in total. The molecule has 0 saturated carbocycles. The average Bonchev–Trinajstić information content (AvgIpc) is 2.87. The molecule has 3 atom stereocenters. The molecule has 0 aliphatic carbocycles. The topological polar surface area (TPSA) is 72.9 Å². The van der Waals surface area contributed by atoms with Crippen LogP contribution in [0.5, 0.6) is 11.5 Å². The maximum Gasteiger partial charge on any atom is 0.251 e. The molecule has 4 rings (SSSR count). The third-order valence-electron chi connectivity index (χ3n) is 6.30. The standard InChI is InChI=1S/C29H35N3O4/c1-20-16-32(17-21(2)36-20)18-23-5-7-25(8-6-23)29(33)31-22(3)26-9-10-27(28(15-26)34-4)35-19-24-11-13-30-14-12-24/h5-15,20-22H,16-19H2,1-4H3,(H,31,33). The number of carbonyl (C=O) groups excluding carboxylic acids is 1. The van der Waals surface area contributed by atoms with Gasteiger partial charge in [0, 0.05) is 37.6 Å². The Bertz CT molecular complexity index is 1130. The molecule has 0 spiro atoms. The third kappa shape index (κ3) is 6.83. The molecule has 36 heavy (non-hydrogen) atoms. The Morgan fingerprint density at radius 1 is 1.03 bits per heavy atom. The van der Waals surface area contributed by atoms with Gasteiger partial charge in [0.15, 0.2) is 11.5 Å². The van der Waals surface area contributed by atoms with Crippen LogP contribution in [0, 0.1) is 0 Å². The lowest BCUT2D eigenvalue weighted by atomic mass is 10.1. The van der Waals surface area contributed by atoms with Crippen molar-refractivity contribution in [2.75, 3.05) is 20.2 Å². The van der Waals surface area contributed by atoms with Gasteiger partial charge in [-0.1, -0.05) is 18.2 Å². The van der Waals surface area contributed by atoms with Gasteiger partial charge in [-0.25, -0.2) is 0 Å². The van der Waals surface area contributed by atoms with Crippen LogP contribution in [0.2, 0.25) is 0 Å². The average molecular weight is 490 g/mol. The summed E-state index contributed by atoms with van der Waals surface area (Å²) in [4.78, 5) is 19.3. The quantitative estimate of drug-likeness (QED) is 0.467. The van der Waals surface area contributed by atoms with Gasteiger partial charge in [-0.3, -0.25) is 14.7 Å². The second-order valence-corrected chi connectivity index (χ2v) is 9.40. The maximum atomic E-state index is 12.9. The first kappa shape index (κ1) is 25.7. The highest BCUT2D eigenvalue weighted by Gasteiger charge is 2.22. The third-order valence-corrected chi connectivity index (χ3v) is 6.30. The maximum absolute atomic E-state index is 12.9. The van der Waals surface area contributed by atoms with Crippen molar-refractivity contribution in [3.63, 3.8) is 0 Å². The summed E-state index contributed by atoms with van der Waals surface area (Å²) in [6, 6.07) is 17.2. The van der Waals surface area contributed by atoms with Crippen LogP contribution in [0.25, 0.3) is 0 Å². The summed E-state index contributed by atoms with van der Waals surface area (Å²) in [7, 11) is 1.61. The van der Waals surface area contributed by atoms with E-state index in [0.29, 0.717) is 23.7 Å². The fourth-order valence-corrected chi connectivity index (χ4v) is 4.51. The molecule has 7 heteroatoms. The zero-order chi connectivity index (χ0) is 25.5. The molecule has 1 aliphatic heterocycles. The second-order valence-electron chi connectivity index (χ2n) is 9.40. The SMILES string of the molecule is COc1cc(C(C)NC(=O)c2ccc(CN3CC(C)OC(C)C3)cc2)ccc1OCc1ccncc1. The number of hydrogen-bond acceptors (Lipinski definition) is 6. The molecule has 0 bridgehead atoms. The van der Waals surface area contributed by atoms with Crippen LogP contribution in [0.4, 0.5) is 0 Å². The van der Waals surface area contributed by atoms with Gasteiger partial charge in [0.2, 0.25) is 0 Å². The summed E-state index contributed by atoms with van der Waals surface area (Å²) in [5, 5.41) is 3.08. The predicted molar refractivity (Wildman–Crippen MR) is 139 cm³/mol. The van der Waals surface area contributed by atoms with E-state index in [0.717, 1.165) is 30.8 Å². The lowest BCUT2D eigenvalue weighted by Crippen LogP contribution is -2.44. The molecule has 1 N–H and O–H groups in total. The number of rotatable bonds is 9. The van der Waals surface area contributed by atoms with E-state index < -0.39 is 0 Å². The van der Waals surface area contributed by atoms with Crippen LogP contribution in [0.15, 0.2) is 67.0 Å². The van der Waals surface area contributed by atoms with Gasteiger partial charge < -0.3 is 19.5 Å². The summed E-state index contributed by atoms with van der Waals surface area (Å²) < 4.78 is 17.3. The first-order valence-corrected chi connectivity index (χ1v) is 12.4. The molecular weight excluding hydrogens is 454 g/mol. The summed E-state index contributed by atoms with van der Waals surface area (Å²) in [6.45, 7) is 9.28. The fourth-order valence-electron chi connectivity index (χ4n) is 4.51. The number of nitrogens with zero attached hydrogens (tertiary/aromatic N) is 2. The number of benzene rings is 2. The van der Waals surface area contributed by atoms with Crippen LogP contribution < -0.4 is 14.8 Å². The van der Waals surface area contributed by atoms with Gasteiger partial charge in [0.05, 0.1) is 25.4 Å². The van der Waals surface area contributed by atoms with Gasteiger partial charge in [-0.2, -0.15) is 0 Å². The Morgan fingerprint density at radius 3 is 2.39 bits per heavy atom. The van der Waals surface area contributed by atoms with E-state index in [9.17, 15) is 4.79 Å². The van der Waals surface area contributed by atoms with Crippen molar-refractivity contribution in [2.24, 2.45) is 0 Å². The number of ether oxygens (including phenoxy) is 3. The highest BCUT2D eigenvalue weighted by atomic mass is 16.5. The van der Waals surface area contributed by atoms with E-state index in [-0.39, 0.29) is 24.2 Å². The van der Waals surface area contributed by atoms with Crippen LogP contribution in [0.1, 0.15) is 53.9 Å². The molecule has 2 heterocycles. The molecule has 190 valence electrons. The summed E-state index contributed by atoms with van der Waals surface area (Å²) in [6.07, 6.45) is 3.95. The van der Waals surface area contributed by atoms with Crippen LogP contribution in [-0.2, 0) is 17.9 Å². The molecule has 1 aliphatic rings. The number of morpholine rings is 1. The molecule has 3 unspecified atom stereocenters. The molecule has 1 amide bonds. The van der Waals surface area contributed by atoms with Gasteiger partial charge in [0.25, 0.3) is 5.91 Å². The van der Waals surface area contributed by atoms with E-state index in [2.05, 4.69) is 29.0 Å². The predicted octanol–water partition coefficient (Wildman–Crippen LogP) is 4.77. The number of pyridine rings is 1. The van der Waals surface area contributed by atoms with Crippen molar-refractivity contribution < 1.29 is 19.0 Å². The molecular formula is C29H35N3O4. The Hall–Kier alpha value is -3.42. The minimum atomic E-state index is -0.198. The van der Waals surface area contributed by atoms with Crippen LogP contribution in [-0.4, -0.2) is 48.2 Å². The zero-order valence-corrected chi connectivity index (χ0v) is 21.4. The van der Waals surface area contributed by atoms with E-state index in [4.69, 9.17) is 14.2 Å². The van der Waals surface area contributed by atoms with Crippen molar-refractivity contribution >= 4 is 5.91 Å². The van der Waals surface area contributed by atoms with E-state index >= 15 is 0 Å². The van der Waals surface area contributed by atoms with Gasteiger partial charge in [-0.05, 0) is 73.9 Å². The number of carbonyl (C=O) groups is 1.